The summed E-state index contributed by atoms with van der Waals surface area (Å²) in [4.78, 5) is 49.3. The summed E-state index contributed by atoms with van der Waals surface area (Å²) in [5.41, 5.74) is 0.0887. The van der Waals surface area contributed by atoms with Gasteiger partial charge in [0.05, 0.1) is 11.5 Å². The van der Waals surface area contributed by atoms with Crippen molar-refractivity contribution in [1.82, 2.24) is 10.2 Å². The SMILES string of the molecule is CC(C)c1ccc(C(=O)CN2C(=O)NC(C)(c3cccc([N+](=O)[O-])c3)C2=O)cc1. The number of nitrogens with zero attached hydrogens (tertiary/aromatic N) is 2. The fraction of sp³-hybridized carbons (Fsp3) is 0.286. The topological polar surface area (TPSA) is 110 Å². The third-order valence-corrected chi connectivity index (χ3v) is 5.11. The Hall–Kier alpha value is -3.55. The van der Waals surface area contributed by atoms with Crippen LogP contribution in [-0.2, 0) is 10.3 Å². The van der Waals surface area contributed by atoms with Gasteiger partial charge in [0.2, 0.25) is 0 Å². The van der Waals surface area contributed by atoms with E-state index in [9.17, 15) is 24.5 Å². The number of benzene rings is 2. The number of amides is 3. The lowest BCUT2D eigenvalue weighted by molar-refractivity contribution is -0.385. The van der Waals surface area contributed by atoms with Gasteiger partial charge in [0, 0.05) is 17.7 Å². The number of carbonyl (C=O) groups is 3. The Bertz CT molecular complexity index is 1000. The van der Waals surface area contributed by atoms with E-state index in [0.717, 1.165) is 10.5 Å². The first-order valence-electron chi connectivity index (χ1n) is 9.15. The lowest BCUT2D eigenvalue weighted by Crippen LogP contribution is -2.41. The van der Waals surface area contributed by atoms with Gasteiger partial charge in [0.15, 0.2) is 5.78 Å². The van der Waals surface area contributed by atoms with Crippen molar-refractivity contribution in [1.29, 1.82) is 0 Å². The molecule has 8 heteroatoms. The van der Waals surface area contributed by atoms with Gasteiger partial charge in [-0.25, -0.2) is 4.79 Å². The molecule has 8 nitrogen and oxygen atoms in total. The van der Waals surface area contributed by atoms with Gasteiger partial charge in [0.25, 0.3) is 11.6 Å². The smallest absolute Gasteiger partial charge is 0.319 e. The highest BCUT2D eigenvalue weighted by Crippen LogP contribution is 2.31. The molecule has 1 aliphatic rings. The zero-order valence-electron chi connectivity index (χ0n) is 16.3. The Morgan fingerprint density at radius 3 is 2.41 bits per heavy atom. The molecular formula is C21H21N3O5. The summed E-state index contributed by atoms with van der Waals surface area (Å²) in [6.45, 7) is 5.14. The molecule has 0 aliphatic carbocycles. The maximum Gasteiger partial charge on any atom is 0.325 e. The Labute approximate surface area is 167 Å². The van der Waals surface area contributed by atoms with E-state index in [1.807, 2.05) is 26.0 Å². The summed E-state index contributed by atoms with van der Waals surface area (Å²) in [5.74, 6) is -0.678. The van der Waals surface area contributed by atoms with E-state index < -0.39 is 28.9 Å². The van der Waals surface area contributed by atoms with Gasteiger partial charge in [-0.2, -0.15) is 0 Å². The van der Waals surface area contributed by atoms with Crippen LogP contribution < -0.4 is 5.32 Å². The molecule has 1 atom stereocenters. The lowest BCUT2D eigenvalue weighted by atomic mass is 9.91. The van der Waals surface area contributed by atoms with Crippen LogP contribution >= 0.6 is 0 Å². The van der Waals surface area contributed by atoms with Crippen molar-refractivity contribution in [2.45, 2.75) is 32.2 Å². The van der Waals surface area contributed by atoms with Crippen molar-refractivity contribution in [3.05, 3.63) is 75.3 Å². The number of rotatable bonds is 6. The minimum Gasteiger partial charge on any atom is -0.319 e. The highest BCUT2D eigenvalue weighted by atomic mass is 16.6. The molecule has 1 N–H and O–H groups in total. The molecule has 3 amide bonds. The Kier molecular flexibility index (Phi) is 5.19. The molecule has 1 fully saturated rings. The molecule has 150 valence electrons. The van der Waals surface area contributed by atoms with Crippen LogP contribution in [0.5, 0.6) is 0 Å². The number of urea groups is 1. The van der Waals surface area contributed by atoms with Gasteiger partial charge in [-0.15, -0.1) is 0 Å². The van der Waals surface area contributed by atoms with Gasteiger partial charge >= 0.3 is 6.03 Å². The van der Waals surface area contributed by atoms with Crippen LogP contribution in [0, 0.1) is 10.1 Å². The summed E-state index contributed by atoms with van der Waals surface area (Å²) in [6, 6.07) is 11.9. The molecule has 2 aromatic carbocycles. The van der Waals surface area contributed by atoms with Crippen LogP contribution in [0.25, 0.3) is 0 Å². The van der Waals surface area contributed by atoms with Crippen LogP contribution in [-0.4, -0.2) is 34.1 Å². The molecule has 0 spiro atoms. The second-order valence-corrected chi connectivity index (χ2v) is 7.45. The van der Waals surface area contributed by atoms with Crippen LogP contribution in [0.4, 0.5) is 10.5 Å². The standard InChI is InChI=1S/C21H21N3O5/c1-13(2)14-7-9-15(10-8-14)18(25)12-23-19(26)21(3,22-20(23)27)16-5-4-6-17(11-16)24(28)29/h4-11,13H,12H2,1-3H3,(H,22,27). The first-order chi connectivity index (χ1) is 13.6. The number of nitrogens with one attached hydrogen (secondary N) is 1. The van der Waals surface area contributed by atoms with Crippen LogP contribution in [0.15, 0.2) is 48.5 Å². The molecular weight excluding hydrogens is 374 g/mol. The molecule has 0 saturated carbocycles. The van der Waals surface area contributed by atoms with Gasteiger partial charge < -0.3 is 5.32 Å². The van der Waals surface area contributed by atoms with E-state index in [1.165, 1.54) is 31.2 Å². The largest absolute Gasteiger partial charge is 0.325 e. The first-order valence-corrected chi connectivity index (χ1v) is 9.15. The molecule has 0 radical (unpaired) electrons. The zero-order chi connectivity index (χ0) is 21.3. The number of non-ortho nitro benzene ring substituents is 1. The van der Waals surface area contributed by atoms with E-state index in [1.54, 1.807) is 12.1 Å². The zero-order valence-corrected chi connectivity index (χ0v) is 16.3. The van der Waals surface area contributed by atoms with Gasteiger partial charge in [0.1, 0.15) is 5.54 Å². The van der Waals surface area contributed by atoms with Crippen molar-refractivity contribution in [3.8, 4) is 0 Å². The quantitative estimate of drug-likeness (QED) is 0.349. The van der Waals surface area contributed by atoms with Crippen molar-refractivity contribution in [2.24, 2.45) is 0 Å². The van der Waals surface area contributed by atoms with Crippen molar-refractivity contribution in [3.63, 3.8) is 0 Å². The number of nitro groups is 1. The number of hydrogen-bond acceptors (Lipinski definition) is 5. The van der Waals surface area contributed by atoms with Crippen LogP contribution in [0.1, 0.15) is 48.2 Å². The summed E-state index contributed by atoms with van der Waals surface area (Å²) >= 11 is 0. The third kappa shape index (κ3) is 3.73. The average molecular weight is 395 g/mol. The van der Waals surface area contributed by atoms with Gasteiger partial charge in [-0.3, -0.25) is 24.6 Å². The average Bonchev–Trinajstić information content (AvgIpc) is 2.92. The fourth-order valence-corrected chi connectivity index (χ4v) is 3.26. The van der Waals surface area contributed by atoms with Crippen LogP contribution in [0.3, 0.4) is 0 Å². The van der Waals surface area contributed by atoms with Crippen molar-refractivity contribution in [2.75, 3.05) is 6.54 Å². The van der Waals surface area contributed by atoms with Crippen molar-refractivity contribution >= 4 is 23.4 Å². The Morgan fingerprint density at radius 1 is 1.17 bits per heavy atom. The minimum absolute atomic E-state index is 0.189. The fourth-order valence-electron chi connectivity index (χ4n) is 3.26. The summed E-state index contributed by atoms with van der Waals surface area (Å²) < 4.78 is 0. The Morgan fingerprint density at radius 2 is 1.83 bits per heavy atom. The maximum atomic E-state index is 13.0. The number of hydrogen-bond donors (Lipinski definition) is 1. The number of ketones is 1. The second-order valence-electron chi connectivity index (χ2n) is 7.45. The predicted molar refractivity (Wildman–Crippen MR) is 106 cm³/mol. The molecule has 1 saturated heterocycles. The molecule has 0 aromatic heterocycles. The number of nitro benzene ring substituents is 1. The van der Waals surface area contributed by atoms with Gasteiger partial charge in [-0.1, -0.05) is 50.2 Å². The van der Waals surface area contributed by atoms with E-state index >= 15 is 0 Å². The second kappa shape index (κ2) is 7.46. The number of imide groups is 1. The van der Waals surface area contributed by atoms with E-state index in [0.29, 0.717) is 11.5 Å². The minimum atomic E-state index is -1.48. The molecule has 1 heterocycles. The molecule has 0 bridgehead atoms. The number of Topliss-reactive ketones (excluding diaryl/α,β-unsaturated/α-hetero) is 1. The summed E-state index contributed by atoms with van der Waals surface area (Å²) in [6.07, 6.45) is 0. The molecule has 2 aromatic rings. The monoisotopic (exact) mass is 395 g/mol. The van der Waals surface area contributed by atoms with E-state index in [2.05, 4.69) is 5.32 Å². The molecule has 1 aliphatic heterocycles. The predicted octanol–water partition coefficient (Wildman–Crippen LogP) is 3.37. The normalized spacial score (nSPS) is 18.8. The molecule has 1 unspecified atom stereocenters. The maximum absolute atomic E-state index is 13.0. The first kappa shape index (κ1) is 20.2. The van der Waals surface area contributed by atoms with E-state index in [4.69, 9.17) is 0 Å². The molecule has 29 heavy (non-hydrogen) atoms. The lowest BCUT2D eigenvalue weighted by Gasteiger charge is -2.22. The van der Waals surface area contributed by atoms with Crippen molar-refractivity contribution < 1.29 is 19.3 Å². The van der Waals surface area contributed by atoms with Crippen LogP contribution in [0.2, 0.25) is 0 Å². The summed E-state index contributed by atoms with van der Waals surface area (Å²) in [5, 5.41) is 13.6. The van der Waals surface area contributed by atoms with E-state index in [-0.39, 0.29) is 17.0 Å². The third-order valence-electron chi connectivity index (χ3n) is 5.11. The Balaban J connectivity index is 1.82. The highest BCUT2D eigenvalue weighted by Gasteiger charge is 2.49. The van der Waals surface area contributed by atoms with Gasteiger partial charge in [-0.05, 0) is 24.0 Å². The number of carbonyl (C=O) groups excluding carboxylic acids is 3. The highest BCUT2D eigenvalue weighted by molar-refractivity contribution is 6.11. The molecule has 3 rings (SSSR count). The summed E-state index contributed by atoms with van der Waals surface area (Å²) in [7, 11) is 0.